The fourth-order valence-electron chi connectivity index (χ4n) is 1.93. The molecule has 0 aromatic rings. The molecule has 0 radical (unpaired) electrons. The van der Waals surface area contributed by atoms with E-state index in [1.807, 2.05) is 12.2 Å². The van der Waals surface area contributed by atoms with Gasteiger partial charge in [-0.25, -0.2) is 0 Å². The maximum absolute atomic E-state index is 8.51. The number of hydrogen-bond acceptors (Lipinski definition) is 2. The van der Waals surface area contributed by atoms with Crippen LogP contribution >= 0.6 is 0 Å². The Kier molecular flexibility index (Phi) is 11.1. The summed E-state index contributed by atoms with van der Waals surface area (Å²) in [5.74, 6) is 1.47. The molecule has 2 nitrogen and oxygen atoms in total. The number of aliphatic hydroxyl groups excluding tert-OH is 1. The molecule has 18 heavy (non-hydrogen) atoms. The highest BCUT2D eigenvalue weighted by molar-refractivity contribution is 4.83. The molecule has 1 rings (SSSR count). The van der Waals surface area contributed by atoms with Crippen LogP contribution in [0.3, 0.4) is 0 Å². The molecule has 0 saturated carbocycles. The van der Waals surface area contributed by atoms with Crippen LogP contribution < -0.4 is 0 Å². The Hall–Kier alpha value is -0.600. The molecule has 0 amide bonds. The van der Waals surface area contributed by atoms with Gasteiger partial charge in [0.05, 0.1) is 6.10 Å². The van der Waals surface area contributed by atoms with Gasteiger partial charge in [0, 0.05) is 13.2 Å². The van der Waals surface area contributed by atoms with Crippen molar-refractivity contribution < 1.29 is 9.84 Å². The second-order valence-electron chi connectivity index (χ2n) is 5.26. The number of allylic oxidation sites excluding steroid dienone is 1. The van der Waals surface area contributed by atoms with E-state index >= 15 is 0 Å². The molecule has 1 aliphatic heterocycles. The Bertz CT molecular complexity index is 211. The minimum atomic E-state index is 0.318. The topological polar surface area (TPSA) is 29.5 Å². The van der Waals surface area contributed by atoms with Crippen LogP contribution in [0.4, 0.5) is 0 Å². The summed E-state index contributed by atoms with van der Waals surface area (Å²) in [6, 6.07) is 0. The predicted octanol–water partition coefficient (Wildman–Crippen LogP) is 3.96. The summed E-state index contributed by atoms with van der Waals surface area (Å²) in [5, 5.41) is 8.51. The van der Waals surface area contributed by atoms with Gasteiger partial charge in [0.2, 0.25) is 0 Å². The Labute approximate surface area is 113 Å². The zero-order valence-electron chi connectivity index (χ0n) is 12.1. The minimum Gasteiger partial charge on any atom is -0.396 e. The van der Waals surface area contributed by atoms with Crippen molar-refractivity contribution in [3.63, 3.8) is 0 Å². The smallest absolute Gasteiger partial charge is 0.0755 e. The normalized spacial score (nSPS) is 24.6. The van der Waals surface area contributed by atoms with Crippen molar-refractivity contribution in [3.05, 3.63) is 25.3 Å². The van der Waals surface area contributed by atoms with Gasteiger partial charge in [-0.15, -0.1) is 13.2 Å². The van der Waals surface area contributed by atoms with Crippen molar-refractivity contribution in [2.24, 2.45) is 11.8 Å². The lowest BCUT2D eigenvalue weighted by Crippen LogP contribution is -2.21. The fourth-order valence-corrected chi connectivity index (χ4v) is 1.93. The van der Waals surface area contributed by atoms with Gasteiger partial charge in [-0.05, 0) is 43.9 Å². The van der Waals surface area contributed by atoms with Crippen LogP contribution in [0.2, 0.25) is 0 Å². The molecule has 0 aromatic carbocycles. The number of aliphatic hydroxyl groups is 1. The van der Waals surface area contributed by atoms with Crippen LogP contribution in [0.1, 0.15) is 46.0 Å². The van der Waals surface area contributed by atoms with Gasteiger partial charge in [0.25, 0.3) is 0 Å². The van der Waals surface area contributed by atoms with Crippen molar-refractivity contribution in [2.45, 2.75) is 52.1 Å². The fraction of sp³-hybridized carbons (Fsp3) is 0.750. The van der Waals surface area contributed by atoms with Crippen molar-refractivity contribution in [2.75, 3.05) is 13.2 Å². The molecular formula is C16H30O2. The third-order valence-corrected chi connectivity index (χ3v) is 3.33. The second-order valence-corrected chi connectivity index (χ2v) is 5.26. The van der Waals surface area contributed by atoms with Gasteiger partial charge in [0.15, 0.2) is 0 Å². The van der Waals surface area contributed by atoms with Crippen LogP contribution in [0.5, 0.6) is 0 Å². The Balaban J connectivity index is 0.000000321. The lowest BCUT2D eigenvalue weighted by Gasteiger charge is -2.24. The minimum absolute atomic E-state index is 0.318. The Morgan fingerprint density at radius 2 is 2.11 bits per heavy atom. The summed E-state index contributed by atoms with van der Waals surface area (Å²) in [4.78, 5) is 0. The van der Waals surface area contributed by atoms with Crippen LogP contribution in [0.15, 0.2) is 25.3 Å². The van der Waals surface area contributed by atoms with Crippen molar-refractivity contribution >= 4 is 0 Å². The first kappa shape index (κ1) is 17.4. The summed E-state index contributed by atoms with van der Waals surface area (Å²) in [6.07, 6.45) is 9.67. The van der Waals surface area contributed by atoms with E-state index in [2.05, 4.69) is 27.0 Å². The first-order valence-corrected chi connectivity index (χ1v) is 7.09. The van der Waals surface area contributed by atoms with E-state index in [9.17, 15) is 0 Å². The third-order valence-electron chi connectivity index (χ3n) is 3.33. The Morgan fingerprint density at radius 1 is 1.39 bits per heavy atom. The molecule has 0 spiro atoms. The van der Waals surface area contributed by atoms with Gasteiger partial charge in [-0.3, -0.25) is 0 Å². The van der Waals surface area contributed by atoms with Crippen molar-refractivity contribution in [3.8, 4) is 0 Å². The van der Waals surface area contributed by atoms with Crippen molar-refractivity contribution in [1.29, 1.82) is 0 Å². The van der Waals surface area contributed by atoms with Crippen LogP contribution in [-0.2, 0) is 4.74 Å². The molecule has 1 heterocycles. The van der Waals surface area contributed by atoms with E-state index in [-0.39, 0.29) is 0 Å². The SMILES string of the molecule is C=CCC[C@H](C)CCO.C=C[C@@H]1C[C@H](C)CCO1. The molecule has 1 fully saturated rings. The molecule has 2 heteroatoms. The van der Waals surface area contributed by atoms with Gasteiger partial charge >= 0.3 is 0 Å². The molecule has 0 unspecified atom stereocenters. The van der Waals surface area contributed by atoms with Gasteiger partial charge in [-0.1, -0.05) is 26.0 Å². The van der Waals surface area contributed by atoms with Crippen LogP contribution in [-0.4, -0.2) is 24.4 Å². The zero-order chi connectivity index (χ0) is 13.8. The highest BCUT2D eigenvalue weighted by atomic mass is 16.5. The van der Waals surface area contributed by atoms with E-state index in [4.69, 9.17) is 9.84 Å². The molecule has 3 atom stereocenters. The Morgan fingerprint density at radius 3 is 2.56 bits per heavy atom. The van der Waals surface area contributed by atoms with E-state index in [1.54, 1.807) is 0 Å². The van der Waals surface area contributed by atoms with Gasteiger partial charge in [-0.2, -0.15) is 0 Å². The van der Waals surface area contributed by atoms with E-state index in [1.165, 1.54) is 6.42 Å². The maximum Gasteiger partial charge on any atom is 0.0755 e. The first-order valence-electron chi connectivity index (χ1n) is 7.09. The lowest BCUT2D eigenvalue weighted by atomic mass is 9.98. The van der Waals surface area contributed by atoms with Gasteiger partial charge in [0.1, 0.15) is 0 Å². The third kappa shape index (κ3) is 9.43. The lowest BCUT2D eigenvalue weighted by molar-refractivity contribution is 0.0241. The van der Waals surface area contributed by atoms with E-state index in [0.29, 0.717) is 18.6 Å². The quantitative estimate of drug-likeness (QED) is 0.727. The maximum atomic E-state index is 8.51. The van der Waals surface area contributed by atoms with Crippen molar-refractivity contribution in [1.82, 2.24) is 0 Å². The van der Waals surface area contributed by atoms with Crippen LogP contribution in [0.25, 0.3) is 0 Å². The average Bonchev–Trinajstić information content (AvgIpc) is 2.37. The second kappa shape index (κ2) is 11.5. The van der Waals surface area contributed by atoms with E-state index in [0.717, 1.165) is 38.2 Å². The summed E-state index contributed by atoms with van der Waals surface area (Å²) in [6.45, 7) is 13.0. The molecule has 1 aliphatic rings. The summed E-state index contributed by atoms with van der Waals surface area (Å²) >= 11 is 0. The summed E-state index contributed by atoms with van der Waals surface area (Å²) in [5.41, 5.74) is 0. The molecule has 1 saturated heterocycles. The van der Waals surface area contributed by atoms with E-state index < -0.39 is 0 Å². The van der Waals surface area contributed by atoms with Crippen LogP contribution in [0, 0.1) is 11.8 Å². The molecule has 0 aromatic heterocycles. The number of ether oxygens (including phenoxy) is 1. The monoisotopic (exact) mass is 254 g/mol. The number of hydrogen-bond donors (Lipinski definition) is 1. The summed E-state index contributed by atoms with van der Waals surface area (Å²) < 4.78 is 5.38. The molecule has 106 valence electrons. The average molecular weight is 254 g/mol. The summed E-state index contributed by atoms with van der Waals surface area (Å²) in [7, 11) is 0. The largest absolute Gasteiger partial charge is 0.396 e. The molecular weight excluding hydrogens is 224 g/mol. The first-order chi connectivity index (χ1) is 8.63. The molecule has 0 aliphatic carbocycles. The molecule has 1 N–H and O–H groups in total. The molecule has 0 bridgehead atoms. The standard InChI is InChI=1S/C8H14O.C8H16O/c1-3-8-6-7(2)4-5-9-8;1-3-4-5-8(2)6-7-9/h3,7-8H,1,4-6H2,2H3;3,8-9H,1,4-7H2,2H3/t7-,8-;8-/m10/s1. The predicted molar refractivity (Wildman–Crippen MR) is 78.6 cm³/mol. The van der Waals surface area contributed by atoms with Gasteiger partial charge < -0.3 is 9.84 Å². The highest BCUT2D eigenvalue weighted by Gasteiger charge is 2.15. The number of rotatable bonds is 6. The highest BCUT2D eigenvalue weighted by Crippen LogP contribution is 2.19. The zero-order valence-corrected chi connectivity index (χ0v) is 12.1.